The second-order valence-corrected chi connectivity index (χ2v) is 4.27. The SMILES string of the molecule is CC.COC1CCC2(C1)CN(C)C2. The van der Waals surface area contributed by atoms with Crippen molar-refractivity contribution in [1.29, 1.82) is 0 Å². The first kappa shape index (κ1) is 11.0. The number of nitrogens with zero attached hydrogens (tertiary/aromatic N) is 1. The van der Waals surface area contributed by atoms with E-state index in [-0.39, 0.29) is 0 Å². The summed E-state index contributed by atoms with van der Waals surface area (Å²) < 4.78 is 5.36. The van der Waals surface area contributed by atoms with Crippen molar-refractivity contribution >= 4 is 0 Å². The summed E-state index contributed by atoms with van der Waals surface area (Å²) in [4.78, 5) is 2.40. The first-order chi connectivity index (χ1) is 6.24. The molecule has 1 aliphatic carbocycles. The summed E-state index contributed by atoms with van der Waals surface area (Å²) in [6.07, 6.45) is 4.53. The summed E-state index contributed by atoms with van der Waals surface area (Å²) in [5.74, 6) is 0. The maximum Gasteiger partial charge on any atom is 0.0577 e. The van der Waals surface area contributed by atoms with Crippen molar-refractivity contribution in [1.82, 2.24) is 4.90 Å². The molecule has 2 aliphatic rings. The highest BCUT2D eigenvalue weighted by Crippen LogP contribution is 2.45. The van der Waals surface area contributed by atoms with Gasteiger partial charge in [-0.3, -0.25) is 0 Å². The molecule has 0 aromatic heterocycles. The van der Waals surface area contributed by atoms with Gasteiger partial charge >= 0.3 is 0 Å². The molecule has 1 aliphatic heterocycles. The van der Waals surface area contributed by atoms with Crippen LogP contribution in [0.5, 0.6) is 0 Å². The Balaban J connectivity index is 0.000000396. The molecule has 0 N–H and O–H groups in total. The van der Waals surface area contributed by atoms with E-state index < -0.39 is 0 Å². The van der Waals surface area contributed by atoms with Gasteiger partial charge in [0.25, 0.3) is 0 Å². The van der Waals surface area contributed by atoms with E-state index in [0.717, 1.165) is 0 Å². The van der Waals surface area contributed by atoms with Gasteiger partial charge in [0.2, 0.25) is 0 Å². The van der Waals surface area contributed by atoms with Gasteiger partial charge in [-0.25, -0.2) is 0 Å². The Morgan fingerprint density at radius 1 is 1.31 bits per heavy atom. The molecule has 0 bridgehead atoms. The number of ether oxygens (including phenoxy) is 1. The van der Waals surface area contributed by atoms with Gasteiger partial charge in [-0.1, -0.05) is 13.8 Å². The number of hydrogen-bond donors (Lipinski definition) is 0. The van der Waals surface area contributed by atoms with Crippen LogP contribution in [0.25, 0.3) is 0 Å². The smallest absolute Gasteiger partial charge is 0.0577 e. The maximum absolute atomic E-state index is 5.36. The van der Waals surface area contributed by atoms with Gasteiger partial charge in [-0.05, 0) is 31.7 Å². The molecule has 1 unspecified atom stereocenters. The fraction of sp³-hybridized carbons (Fsp3) is 1.00. The molecule has 1 saturated heterocycles. The normalized spacial score (nSPS) is 30.9. The summed E-state index contributed by atoms with van der Waals surface area (Å²) in [5, 5.41) is 0. The Kier molecular flexibility index (Phi) is 3.74. The van der Waals surface area contributed by atoms with E-state index in [1.807, 2.05) is 21.0 Å². The van der Waals surface area contributed by atoms with Crippen LogP contribution in [0.15, 0.2) is 0 Å². The predicted molar refractivity (Wildman–Crippen MR) is 55.9 cm³/mol. The van der Waals surface area contributed by atoms with E-state index in [2.05, 4.69) is 11.9 Å². The molecule has 0 aromatic rings. The van der Waals surface area contributed by atoms with Gasteiger partial charge in [-0.2, -0.15) is 0 Å². The highest BCUT2D eigenvalue weighted by Gasteiger charge is 2.46. The third kappa shape index (κ3) is 2.23. The fourth-order valence-electron chi connectivity index (χ4n) is 2.74. The van der Waals surface area contributed by atoms with E-state index in [0.29, 0.717) is 11.5 Å². The minimum atomic E-state index is 0.559. The quantitative estimate of drug-likeness (QED) is 0.620. The van der Waals surface area contributed by atoms with Crippen LogP contribution in [0.3, 0.4) is 0 Å². The third-order valence-corrected chi connectivity index (χ3v) is 3.20. The van der Waals surface area contributed by atoms with E-state index in [1.54, 1.807) is 0 Å². The molecule has 2 rings (SSSR count). The number of hydrogen-bond acceptors (Lipinski definition) is 2. The summed E-state index contributed by atoms with van der Waals surface area (Å²) in [7, 11) is 4.04. The van der Waals surface area contributed by atoms with Gasteiger partial charge < -0.3 is 9.64 Å². The number of likely N-dealkylation sites (tertiary alicyclic amines) is 1. The Hall–Kier alpha value is -0.0800. The maximum atomic E-state index is 5.36. The molecule has 2 nitrogen and oxygen atoms in total. The first-order valence-corrected chi connectivity index (χ1v) is 5.45. The minimum Gasteiger partial charge on any atom is -0.381 e. The van der Waals surface area contributed by atoms with E-state index in [1.165, 1.54) is 32.4 Å². The second-order valence-electron chi connectivity index (χ2n) is 4.27. The van der Waals surface area contributed by atoms with Crippen LogP contribution in [-0.2, 0) is 4.74 Å². The lowest BCUT2D eigenvalue weighted by Crippen LogP contribution is -2.52. The van der Waals surface area contributed by atoms with Crippen molar-refractivity contribution in [2.75, 3.05) is 27.2 Å². The zero-order chi connectivity index (χ0) is 9.90. The molecule has 0 amide bonds. The van der Waals surface area contributed by atoms with E-state index in [9.17, 15) is 0 Å². The van der Waals surface area contributed by atoms with Crippen LogP contribution in [0, 0.1) is 5.41 Å². The molecular weight excluding hydrogens is 162 g/mol. The van der Waals surface area contributed by atoms with Crippen molar-refractivity contribution in [3.8, 4) is 0 Å². The van der Waals surface area contributed by atoms with Crippen LogP contribution in [0.4, 0.5) is 0 Å². The second kappa shape index (κ2) is 4.43. The molecule has 2 fully saturated rings. The van der Waals surface area contributed by atoms with Gasteiger partial charge in [0, 0.05) is 20.2 Å². The molecule has 0 aromatic carbocycles. The van der Waals surface area contributed by atoms with Gasteiger partial charge in [0.15, 0.2) is 0 Å². The van der Waals surface area contributed by atoms with Crippen LogP contribution in [0.1, 0.15) is 33.1 Å². The molecular formula is C11H23NO. The number of rotatable bonds is 1. The van der Waals surface area contributed by atoms with Crippen LogP contribution in [-0.4, -0.2) is 38.3 Å². The van der Waals surface area contributed by atoms with Crippen LogP contribution >= 0.6 is 0 Å². The number of methoxy groups -OCH3 is 1. The van der Waals surface area contributed by atoms with Crippen LogP contribution < -0.4 is 0 Å². The summed E-state index contributed by atoms with van der Waals surface area (Å²) in [6.45, 7) is 6.60. The lowest BCUT2D eigenvalue weighted by atomic mass is 9.79. The average molecular weight is 185 g/mol. The highest BCUT2D eigenvalue weighted by atomic mass is 16.5. The Morgan fingerprint density at radius 2 is 1.92 bits per heavy atom. The van der Waals surface area contributed by atoms with Crippen molar-refractivity contribution in [3.05, 3.63) is 0 Å². The van der Waals surface area contributed by atoms with Crippen LogP contribution in [0.2, 0.25) is 0 Å². The summed E-state index contributed by atoms with van der Waals surface area (Å²) in [6, 6.07) is 0. The predicted octanol–water partition coefficient (Wildman–Crippen LogP) is 2.14. The van der Waals surface area contributed by atoms with Crippen molar-refractivity contribution in [2.24, 2.45) is 5.41 Å². The largest absolute Gasteiger partial charge is 0.381 e. The lowest BCUT2D eigenvalue weighted by molar-refractivity contribution is 0.00931. The molecule has 0 radical (unpaired) electrons. The highest BCUT2D eigenvalue weighted by molar-refractivity contribution is 4.99. The standard InChI is InChI=1S/C9H17NO.C2H6/c1-10-6-9(7-10)4-3-8(5-9)11-2;1-2/h8H,3-7H2,1-2H3;1-2H3. The molecule has 1 spiro atoms. The Bertz CT molecular complexity index is 152. The monoisotopic (exact) mass is 185 g/mol. The topological polar surface area (TPSA) is 12.5 Å². The molecule has 1 saturated carbocycles. The van der Waals surface area contributed by atoms with Crippen molar-refractivity contribution in [3.63, 3.8) is 0 Å². The lowest BCUT2D eigenvalue weighted by Gasteiger charge is -2.46. The van der Waals surface area contributed by atoms with E-state index >= 15 is 0 Å². The van der Waals surface area contributed by atoms with E-state index in [4.69, 9.17) is 4.74 Å². The molecule has 2 heteroatoms. The van der Waals surface area contributed by atoms with Gasteiger partial charge in [0.1, 0.15) is 0 Å². The fourth-order valence-corrected chi connectivity index (χ4v) is 2.74. The summed E-state index contributed by atoms with van der Waals surface area (Å²) in [5.41, 5.74) is 0.662. The molecule has 13 heavy (non-hydrogen) atoms. The minimum absolute atomic E-state index is 0.559. The zero-order valence-corrected chi connectivity index (χ0v) is 9.47. The Labute approximate surface area is 82.3 Å². The van der Waals surface area contributed by atoms with Gasteiger partial charge in [-0.15, -0.1) is 0 Å². The zero-order valence-electron chi connectivity index (χ0n) is 9.47. The van der Waals surface area contributed by atoms with Gasteiger partial charge in [0.05, 0.1) is 6.10 Å². The Morgan fingerprint density at radius 3 is 2.31 bits per heavy atom. The van der Waals surface area contributed by atoms with Crippen molar-refractivity contribution in [2.45, 2.75) is 39.2 Å². The average Bonchev–Trinajstić information content (AvgIpc) is 2.52. The molecule has 1 heterocycles. The molecule has 1 atom stereocenters. The first-order valence-electron chi connectivity index (χ1n) is 5.45. The summed E-state index contributed by atoms with van der Waals surface area (Å²) >= 11 is 0. The van der Waals surface area contributed by atoms with Crippen molar-refractivity contribution < 1.29 is 4.74 Å². The molecule has 78 valence electrons. The third-order valence-electron chi connectivity index (χ3n) is 3.20.